The van der Waals surface area contributed by atoms with Gasteiger partial charge in [-0.05, 0) is 18.4 Å². The van der Waals surface area contributed by atoms with Crippen molar-refractivity contribution in [3.05, 3.63) is 22.4 Å². The second kappa shape index (κ2) is 6.28. The van der Waals surface area contributed by atoms with Crippen molar-refractivity contribution in [2.45, 2.75) is 23.1 Å². The van der Waals surface area contributed by atoms with Crippen LogP contribution < -0.4 is 11.1 Å². The summed E-state index contributed by atoms with van der Waals surface area (Å²) in [6, 6.07) is 3.56. The molecule has 5 nitrogen and oxygen atoms in total. The zero-order valence-electron chi connectivity index (χ0n) is 9.62. The molecule has 2 heterocycles. The van der Waals surface area contributed by atoms with Crippen molar-refractivity contribution in [2.24, 2.45) is 5.73 Å². The number of amides is 1. The average molecular weight is 300 g/mol. The highest BCUT2D eigenvalue weighted by atomic mass is 32.2. The smallest absolute Gasteiger partial charge is 0.242 e. The third-order valence-corrected chi connectivity index (χ3v) is 5.05. The summed E-state index contributed by atoms with van der Waals surface area (Å²) in [7, 11) is 0. The Morgan fingerprint density at radius 1 is 1.61 bits per heavy atom. The van der Waals surface area contributed by atoms with Crippen LogP contribution in [0.5, 0.6) is 0 Å². The lowest BCUT2D eigenvalue weighted by molar-refractivity contribution is -0.117. The van der Waals surface area contributed by atoms with Gasteiger partial charge in [0.1, 0.15) is 0 Å². The van der Waals surface area contributed by atoms with Crippen LogP contribution in [-0.2, 0) is 10.5 Å². The van der Waals surface area contributed by atoms with E-state index in [9.17, 15) is 4.79 Å². The number of hydrogen-bond acceptors (Lipinski definition) is 7. The zero-order valence-corrected chi connectivity index (χ0v) is 12.1. The third-order valence-electron chi connectivity index (χ3n) is 1.97. The number of hydrogen-bond donors (Lipinski definition) is 2. The maximum Gasteiger partial charge on any atom is 0.242 e. The van der Waals surface area contributed by atoms with Crippen LogP contribution >= 0.6 is 34.4 Å². The Morgan fingerprint density at radius 3 is 3.11 bits per heavy atom. The Bertz CT molecular complexity index is 509. The SMILES string of the molecule is CC(N)C(=O)Nc1nnc(SCc2cccs2)s1. The van der Waals surface area contributed by atoms with Crippen LogP contribution in [0.1, 0.15) is 11.8 Å². The van der Waals surface area contributed by atoms with E-state index in [0.29, 0.717) is 5.13 Å². The van der Waals surface area contributed by atoms with Crippen LogP contribution in [0.3, 0.4) is 0 Å². The van der Waals surface area contributed by atoms with E-state index in [1.165, 1.54) is 16.2 Å². The number of carbonyl (C=O) groups is 1. The molecule has 8 heteroatoms. The van der Waals surface area contributed by atoms with Gasteiger partial charge in [-0.1, -0.05) is 29.2 Å². The first-order valence-electron chi connectivity index (χ1n) is 5.20. The maximum absolute atomic E-state index is 11.4. The topological polar surface area (TPSA) is 80.9 Å². The van der Waals surface area contributed by atoms with E-state index in [4.69, 9.17) is 5.73 Å². The number of nitrogens with one attached hydrogen (secondary N) is 1. The first-order chi connectivity index (χ1) is 8.65. The lowest BCUT2D eigenvalue weighted by Gasteiger charge is -2.02. The lowest BCUT2D eigenvalue weighted by atomic mass is 10.3. The molecule has 0 spiro atoms. The maximum atomic E-state index is 11.4. The predicted octanol–water partition coefficient (Wildman–Crippen LogP) is 2.18. The van der Waals surface area contributed by atoms with Crippen molar-refractivity contribution in [3.8, 4) is 0 Å². The fraction of sp³-hybridized carbons (Fsp3) is 0.300. The van der Waals surface area contributed by atoms with Gasteiger partial charge >= 0.3 is 0 Å². The number of nitrogens with two attached hydrogens (primary N) is 1. The second-order valence-electron chi connectivity index (χ2n) is 3.52. The summed E-state index contributed by atoms with van der Waals surface area (Å²) in [5.41, 5.74) is 5.45. The van der Waals surface area contributed by atoms with E-state index in [-0.39, 0.29) is 5.91 Å². The first-order valence-corrected chi connectivity index (χ1v) is 7.88. The van der Waals surface area contributed by atoms with E-state index >= 15 is 0 Å². The number of nitrogens with zero attached hydrogens (tertiary/aromatic N) is 2. The number of thiophene rings is 1. The quantitative estimate of drug-likeness (QED) is 0.653. The van der Waals surface area contributed by atoms with Crippen LogP contribution in [0.2, 0.25) is 0 Å². The van der Waals surface area contributed by atoms with Gasteiger partial charge in [-0.2, -0.15) is 0 Å². The molecule has 1 atom stereocenters. The average Bonchev–Trinajstić information content (AvgIpc) is 2.96. The van der Waals surface area contributed by atoms with Crippen molar-refractivity contribution >= 4 is 45.5 Å². The van der Waals surface area contributed by atoms with Crippen molar-refractivity contribution in [1.29, 1.82) is 0 Å². The number of thioether (sulfide) groups is 1. The Labute approximate surface area is 117 Å². The van der Waals surface area contributed by atoms with Gasteiger partial charge in [-0.15, -0.1) is 21.5 Å². The van der Waals surface area contributed by atoms with E-state index < -0.39 is 6.04 Å². The Balaban J connectivity index is 1.88. The molecular formula is C10H12N4OS3. The minimum absolute atomic E-state index is 0.249. The minimum atomic E-state index is -0.545. The van der Waals surface area contributed by atoms with Gasteiger partial charge < -0.3 is 5.73 Å². The van der Waals surface area contributed by atoms with E-state index in [1.807, 2.05) is 11.4 Å². The highest BCUT2D eigenvalue weighted by Crippen LogP contribution is 2.29. The Morgan fingerprint density at radius 2 is 2.44 bits per heavy atom. The van der Waals surface area contributed by atoms with Gasteiger partial charge in [-0.3, -0.25) is 10.1 Å². The molecule has 2 aromatic heterocycles. The summed E-state index contributed by atoms with van der Waals surface area (Å²) in [6.07, 6.45) is 0. The molecule has 1 unspecified atom stereocenters. The summed E-state index contributed by atoms with van der Waals surface area (Å²) >= 11 is 4.68. The number of anilines is 1. The van der Waals surface area contributed by atoms with Crippen molar-refractivity contribution in [3.63, 3.8) is 0 Å². The van der Waals surface area contributed by atoms with E-state index in [1.54, 1.807) is 30.0 Å². The Hall–Kier alpha value is -0.960. The van der Waals surface area contributed by atoms with Gasteiger partial charge in [0.05, 0.1) is 6.04 Å². The molecule has 0 aromatic carbocycles. The molecule has 0 aliphatic rings. The van der Waals surface area contributed by atoms with Crippen molar-refractivity contribution in [2.75, 3.05) is 5.32 Å². The molecule has 0 radical (unpaired) electrons. The second-order valence-corrected chi connectivity index (χ2v) is 6.75. The standard InChI is InChI=1S/C10H12N4OS3/c1-6(11)8(15)12-9-13-14-10(18-9)17-5-7-3-2-4-16-7/h2-4,6H,5,11H2,1H3,(H,12,13,15). The highest BCUT2D eigenvalue weighted by Gasteiger charge is 2.11. The monoisotopic (exact) mass is 300 g/mol. The fourth-order valence-corrected chi connectivity index (χ4v) is 3.59. The molecule has 96 valence electrons. The van der Waals surface area contributed by atoms with Crippen LogP contribution in [0.25, 0.3) is 0 Å². The molecule has 3 N–H and O–H groups in total. The summed E-state index contributed by atoms with van der Waals surface area (Å²) in [6.45, 7) is 1.63. The predicted molar refractivity (Wildman–Crippen MR) is 76.1 cm³/mol. The summed E-state index contributed by atoms with van der Waals surface area (Å²) in [5.74, 6) is 0.619. The molecule has 18 heavy (non-hydrogen) atoms. The number of carbonyl (C=O) groups excluding carboxylic acids is 1. The van der Waals surface area contributed by atoms with Gasteiger partial charge in [0, 0.05) is 10.6 Å². The fourth-order valence-electron chi connectivity index (χ4n) is 1.07. The number of aromatic nitrogens is 2. The zero-order chi connectivity index (χ0) is 13.0. The van der Waals surface area contributed by atoms with Crippen LogP contribution in [0.4, 0.5) is 5.13 Å². The minimum Gasteiger partial charge on any atom is -0.320 e. The third kappa shape index (κ3) is 3.77. The van der Waals surface area contributed by atoms with Gasteiger partial charge in [0.25, 0.3) is 0 Å². The van der Waals surface area contributed by atoms with E-state index in [2.05, 4.69) is 21.6 Å². The van der Waals surface area contributed by atoms with Crippen molar-refractivity contribution in [1.82, 2.24) is 10.2 Å². The highest BCUT2D eigenvalue weighted by molar-refractivity contribution is 8.00. The van der Waals surface area contributed by atoms with E-state index in [0.717, 1.165) is 10.1 Å². The van der Waals surface area contributed by atoms with Gasteiger partial charge in [0.15, 0.2) is 4.34 Å². The summed E-state index contributed by atoms with van der Waals surface area (Å²) in [4.78, 5) is 12.7. The molecule has 0 saturated carbocycles. The molecule has 2 aromatic rings. The number of rotatable bonds is 5. The summed E-state index contributed by atoms with van der Waals surface area (Å²) in [5, 5.41) is 13.1. The Kier molecular flexibility index (Phi) is 4.70. The molecule has 1 amide bonds. The molecular weight excluding hydrogens is 288 g/mol. The van der Waals surface area contributed by atoms with Crippen LogP contribution in [0.15, 0.2) is 21.9 Å². The van der Waals surface area contributed by atoms with Gasteiger partial charge in [-0.25, -0.2) is 0 Å². The largest absolute Gasteiger partial charge is 0.320 e. The summed E-state index contributed by atoms with van der Waals surface area (Å²) < 4.78 is 0.836. The molecule has 0 saturated heterocycles. The van der Waals surface area contributed by atoms with Crippen LogP contribution in [0, 0.1) is 0 Å². The first kappa shape index (κ1) is 13.5. The van der Waals surface area contributed by atoms with Crippen LogP contribution in [-0.4, -0.2) is 22.1 Å². The van der Waals surface area contributed by atoms with Gasteiger partial charge in [0.2, 0.25) is 11.0 Å². The molecule has 2 rings (SSSR count). The molecule has 0 fully saturated rings. The lowest BCUT2D eigenvalue weighted by Crippen LogP contribution is -2.32. The molecule has 0 aliphatic carbocycles. The normalized spacial score (nSPS) is 12.3. The molecule has 0 bridgehead atoms. The van der Waals surface area contributed by atoms with Crippen molar-refractivity contribution < 1.29 is 4.79 Å². The molecule has 0 aliphatic heterocycles.